The predicted octanol–water partition coefficient (Wildman–Crippen LogP) is 4.91. The van der Waals surface area contributed by atoms with Crippen molar-refractivity contribution < 1.29 is 18.1 Å². The maximum Gasteiger partial charge on any atom is 0.256 e. The van der Waals surface area contributed by atoms with Gasteiger partial charge in [0.15, 0.2) is 0 Å². The average molecular weight is 411 g/mol. The van der Waals surface area contributed by atoms with E-state index < -0.39 is 17.5 Å². The second-order valence-corrected chi connectivity index (χ2v) is 7.56. The molecule has 0 bridgehead atoms. The Labute approximate surface area is 173 Å². The molecule has 5 nitrogen and oxygen atoms in total. The number of aromatic nitrogens is 2. The molecule has 0 atom stereocenters. The van der Waals surface area contributed by atoms with Gasteiger partial charge in [0.1, 0.15) is 17.4 Å². The van der Waals surface area contributed by atoms with Gasteiger partial charge in [0, 0.05) is 37.2 Å². The van der Waals surface area contributed by atoms with E-state index in [4.69, 9.17) is 9.51 Å². The molecule has 156 valence electrons. The third kappa shape index (κ3) is 3.84. The number of rotatable bonds is 4. The van der Waals surface area contributed by atoms with Crippen LogP contribution >= 0.6 is 0 Å². The van der Waals surface area contributed by atoms with E-state index in [2.05, 4.69) is 5.16 Å². The Morgan fingerprint density at radius 3 is 2.67 bits per heavy atom. The van der Waals surface area contributed by atoms with Gasteiger partial charge in [-0.05, 0) is 44.0 Å². The van der Waals surface area contributed by atoms with Crippen LogP contribution in [0.5, 0.6) is 0 Å². The lowest BCUT2D eigenvalue weighted by atomic mass is 9.92. The summed E-state index contributed by atoms with van der Waals surface area (Å²) in [6, 6.07) is 8.99. The van der Waals surface area contributed by atoms with Crippen LogP contribution in [0.4, 0.5) is 8.78 Å². The van der Waals surface area contributed by atoms with Crippen LogP contribution in [0.25, 0.3) is 11.3 Å². The standard InChI is InChI=1S/C23H23F2N3O2/c1-3-21-22(14(2)27-30-21)20-6-4-5-19(26-20)15-9-11-28(12-10-15)23(29)17-8-7-16(24)13-18(17)25/h4-8,13,15H,3,9-12H2,1-2H3. The van der Waals surface area contributed by atoms with Crippen molar-refractivity contribution in [1.82, 2.24) is 15.0 Å². The van der Waals surface area contributed by atoms with Crippen molar-refractivity contribution in [3.8, 4) is 11.3 Å². The number of aryl methyl sites for hydroxylation is 2. The highest BCUT2D eigenvalue weighted by molar-refractivity contribution is 5.94. The van der Waals surface area contributed by atoms with Gasteiger partial charge in [-0.25, -0.2) is 8.78 Å². The summed E-state index contributed by atoms with van der Waals surface area (Å²) in [6.07, 6.45) is 2.20. The number of piperidine rings is 1. The Kier molecular flexibility index (Phi) is 5.61. The summed E-state index contributed by atoms with van der Waals surface area (Å²) in [5.41, 5.74) is 3.48. The molecule has 30 heavy (non-hydrogen) atoms. The number of benzene rings is 1. The van der Waals surface area contributed by atoms with Crippen molar-refractivity contribution in [2.24, 2.45) is 0 Å². The number of nitrogens with zero attached hydrogens (tertiary/aromatic N) is 3. The van der Waals surface area contributed by atoms with Gasteiger partial charge in [-0.2, -0.15) is 0 Å². The molecule has 0 saturated carbocycles. The molecule has 3 heterocycles. The van der Waals surface area contributed by atoms with E-state index in [1.807, 2.05) is 32.0 Å². The molecule has 7 heteroatoms. The summed E-state index contributed by atoms with van der Waals surface area (Å²) >= 11 is 0. The number of hydrogen-bond acceptors (Lipinski definition) is 4. The zero-order valence-corrected chi connectivity index (χ0v) is 17.0. The topological polar surface area (TPSA) is 59.2 Å². The van der Waals surface area contributed by atoms with E-state index in [1.54, 1.807) is 4.90 Å². The highest BCUT2D eigenvalue weighted by Gasteiger charge is 2.27. The van der Waals surface area contributed by atoms with Crippen LogP contribution in [0.15, 0.2) is 40.9 Å². The molecule has 0 unspecified atom stereocenters. The molecule has 1 fully saturated rings. The van der Waals surface area contributed by atoms with E-state index in [9.17, 15) is 13.6 Å². The molecule has 1 amide bonds. The molecular formula is C23H23F2N3O2. The average Bonchev–Trinajstić information content (AvgIpc) is 3.14. The van der Waals surface area contributed by atoms with Crippen molar-refractivity contribution in [2.45, 2.75) is 39.0 Å². The molecule has 0 aliphatic carbocycles. The van der Waals surface area contributed by atoms with Crippen LogP contribution in [0.3, 0.4) is 0 Å². The third-order valence-corrected chi connectivity index (χ3v) is 5.64. The second-order valence-electron chi connectivity index (χ2n) is 7.56. The van der Waals surface area contributed by atoms with Crippen molar-refractivity contribution >= 4 is 5.91 Å². The first-order chi connectivity index (χ1) is 14.5. The van der Waals surface area contributed by atoms with Gasteiger partial charge in [0.05, 0.1) is 22.5 Å². The Morgan fingerprint density at radius 1 is 1.20 bits per heavy atom. The monoisotopic (exact) mass is 411 g/mol. The molecule has 0 spiro atoms. The van der Waals surface area contributed by atoms with Crippen LogP contribution in [-0.4, -0.2) is 34.0 Å². The SMILES string of the molecule is CCc1onc(C)c1-c1cccc(C2CCN(C(=O)c3ccc(F)cc3F)CC2)n1. The molecule has 1 aromatic carbocycles. The van der Waals surface area contributed by atoms with Crippen LogP contribution < -0.4 is 0 Å². The van der Waals surface area contributed by atoms with E-state index in [0.717, 1.165) is 59.8 Å². The first kappa shape index (κ1) is 20.2. The first-order valence-corrected chi connectivity index (χ1v) is 10.1. The zero-order chi connectivity index (χ0) is 21.3. The summed E-state index contributed by atoms with van der Waals surface area (Å²) in [5, 5.41) is 4.06. The number of carbonyl (C=O) groups is 1. The van der Waals surface area contributed by atoms with E-state index in [-0.39, 0.29) is 11.5 Å². The van der Waals surface area contributed by atoms with Gasteiger partial charge in [-0.1, -0.05) is 18.1 Å². The molecule has 1 aliphatic rings. The largest absolute Gasteiger partial charge is 0.360 e. The van der Waals surface area contributed by atoms with Gasteiger partial charge >= 0.3 is 0 Å². The molecule has 0 radical (unpaired) electrons. The van der Waals surface area contributed by atoms with Gasteiger partial charge in [0.25, 0.3) is 5.91 Å². The first-order valence-electron chi connectivity index (χ1n) is 10.1. The minimum absolute atomic E-state index is 0.0926. The highest BCUT2D eigenvalue weighted by Crippen LogP contribution is 2.31. The quantitative estimate of drug-likeness (QED) is 0.612. The fraction of sp³-hybridized carbons (Fsp3) is 0.348. The van der Waals surface area contributed by atoms with Crippen molar-refractivity contribution in [1.29, 1.82) is 0 Å². The molecule has 1 saturated heterocycles. The molecule has 4 rings (SSSR count). The minimum atomic E-state index is -0.827. The highest BCUT2D eigenvalue weighted by atomic mass is 19.1. The normalized spacial score (nSPS) is 14.9. The van der Waals surface area contributed by atoms with Gasteiger partial charge in [-0.15, -0.1) is 0 Å². The number of halogens is 2. The molecule has 3 aromatic rings. The Hall–Kier alpha value is -3.09. The predicted molar refractivity (Wildman–Crippen MR) is 108 cm³/mol. The number of carbonyl (C=O) groups excluding carboxylic acids is 1. The van der Waals surface area contributed by atoms with Gasteiger partial charge in [0.2, 0.25) is 0 Å². The number of hydrogen-bond donors (Lipinski definition) is 0. The van der Waals surface area contributed by atoms with Crippen LogP contribution in [0.1, 0.15) is 53.2 Å². The Morgan fingerprint density at radius 2 is 1.97 bits per heavy atom. The van der Waals surface area contributed by atoms with Crippen LogP contribution in [-0.2, 0) is 6.42 Å². The van der Waals surface area contributed by atoms with E-state index in [0.29, 0.717) is 13.1 Å². The van der Waals surface area contributed by atoms with E-state index >= 15 is 0 Å². The molecule has 1 aliphatic heterocycles. The third-order valence-electron chi connectivity index (χ3n) is 5.64. The number of pyridine rings is 1. The van der Waals surface area contributed by atoms with Crippen LogP contribution in [0, 0.1) is 18.6 Å². The number of likely N-dealkylation sites (tertiary alicyclic amines) is 1. The lowest BCUT2D eigenvalue weighted by molar-refractivity contribution is 0.0707. The maximum atomic E-state index is 14.0. The minimum Gasteiger partial charge on any atom is -0.360 e. The maximum absolute atomic E-state index is 14.0. The summed E-state index contributed by atoms with van der Waals surface area (Å²) in [4.78, 5) is 19.1. The smallest absolute Gasteiger partial charge is 0.256 e. The number of amides is 1. The van der Waals surface area contributed by atoms with Gasteiger partial charge < -0.3 is 9.42 Å². The van der Waals surface area contributed by atoms with E-state index in [1.165, 1.54) is 6.07 Å². The Balaban J connectivity index is 1.48. The van der Waals surface area contributed by atoms with Gasteiger partial charge in [-0.3, -0.25) is 9.78 Å². The lowest BCUT2D eigenvalue weighted by Gasteiger charge is -2.32. The zero-order valence-electron chi connectivity index (χ0n) is 17.0. The fourth-order valence-corrected chi connectivity index (χ4v) is 4.02. The summed E-state index contributed by atoms with van der Waals surface area (Å²) in [6.45, 7) is 4.92. The summed E-state index contributed by atoms with van der Waals surface area (Å²) in [5.74, 6) is -0.896. The molecule has 0 N–H and O–H groups in total. The van der Waals surface area contributed by atoms with Crippen molar-refractivity contribution in [2.75, 3.05) is 13.1 Å². The second kappa shape index (κ2) is 8.34. The summed E-state index contributed by atoms with van der Waals surface area (Å²) < 4.78 is 32.5. The molecular weight excluding hydrogens is 388 g/mol. The molecule has 2 aromatic heterocycles. The van der Waals surface area contributed by atoms with Crippen molar-refractivity contribution in [3.05, 3.63) is 70.7 Å². The lowest BCUT2D eigenvalue weighted by Crippen LogP contribution is -2.38. The van der Waals surface area contributed by atoms with Crippen LogP contribution in [0.2, 0.25) is 0 Å². The Bertz CT molecular complexity index is 1070. The fourth-order valence-electron chi connectivity index (χ4n) is 4.02. The van der Waals surface area contributed by atoms with Crippen molar-refractivity contribution in [3.63, 3.8) is 0 Å². The summed E-state index contributed by atoms with van der Waals surface area (Å²) in [7, 11) is 0.